The molecule has 0 spiro atoms. The maximum atomic E-state index is 5.81. The van der Waals surface area contributed by atoms with Gasteiger partial charge in [0.05, 0.1) is 13.2 Å². The molecule has 0 radical (unpaired) electrons. The van der Waals surface area contributed by atoms with E-state index >= 15 is 0 Å². The molecule has 8 heteroatoms. The molecule has 0 aliphatic carbocycles. The van der Waals surface area contributed by atoms with Gasteiger partial charge in [-0.15, -0.1) is 24.0 Å². The van der Waals surface area contributed by atoms with E-state index in [4.69, 9.17) is 16.3 Å². The number of rotatable bonds is 6. The van der Waals surface area contributed by atoms with Crippen molar-refractivity contribution in [2.75, 3.05) is 44.8 Å². The monoisotopic (exact) mass is 515 g/mol. The van der Waals surface area contributed by atoms with Crippen LogP contribution in [0.25, 0.3) is 0 Å². The van der Waals surface area contributed by atoms with Crippen molar-refractivity contribution in [3.63, 3.8) is 0 Å². The average Bonchev–Trinajstić information content (AvgIpc) is 2.73. The van der Waals surface area contributed by atoms with Gasteiger partial charge in [0.1, 0.15) is 5.15 Å². The van der Waals surface area contributed by atoms with Gasteiger partial charge < -0.3 is 20.3 Å². The van der Waals surface area contributed by atoms with Crippen molar-refractivity contribution in [3.8, 4) is 0 Å². The molecule has 2 aromatic rings. The van der Waals surface area contributed by atoms with Crippen LogP contribution in [-0.2, 0) is 17.7 Å². The summed E-state index contributed by atoms with van der Waals surface area (Å²) in [5.41, 5.74) is 3.61. The van der Waals surface area contributed by atoms with E-state index in [2.05, 4.69) is 49.8 Å². The third-order valence-electron chi connectivity index (χ3n) is 4.49. The number of morpholine rings is 1. The summed E-state index contributed by atoms with van der Waals surface area (Å²) < 4.78 is 5.41. The Kier molecular flexibility index (Phi) is 9.80. The van der Waals surface area contributed by atoms with E-state index < -0.39 is 0 Å². The molecule has 3 rings (SSSR count). The molecule has 0 atom stereocenters. The Hall–Kier alpha value is -1.58. The van der Waals surface area contributed by atoms with Crippen LogP contribution in [0.15, 0.2) is 47.6 Å². The predicted octanol–water partition coefficient (Wildman–Crippen LogP) is 3.10. The number of nitrogens with one attached hydrogen (secondary N) is 2. The number of hydrogen-bond acceptors (Lipinski definition) is 4. The zero-order valence-corrected chi connectivity index (χ0v) is 19.1. The zero-order valence-electron chi connectivity index (χ0n) is 16.0. The van der Waals surface area contributed by atoms with Crippen LogP contribution in [-0.4, -0.2) is 50.8 Å². The molecule has 152 valence electrons. The fraction of sp³-hybridized carbons (Fsp3) is 0.400. The van der Waals surface area contributed by atoms with Crippen molar-refractivity contribution >= 4 is 47.2 Å². The second-order valence-electron chi connectivity index (χ2n) is 6.36. The number of pyridine rings is 1. The Morgan fingerprint density at radius 3 is 2.46 bits per heavy atom. The second kappa shape index (κ2) is 12.1. The number of aliphatic imine (C=N–C) groups is 1. The van der Waals surface area contributed by atoms with E-state index in [0.717, 1.165) is 57.3 Å². The van der Waals surface area contributed by atoms with Gasteiger partial charge in [0.2, 0.25) is 0 Å². The zero-order chi connectivity index (χ0) is 18.9. The molecular formula is C20H27ClIN5O. The van der Waals surface area contributed by atoms with Gasteiger partial charge in [0.15, 0.2) is 5.96 Å². The van der Waals surface area contributed by atoms with Crippen molar-refractivity contribution in [2.45, 2.75) is 13.0 Å². The lowest BCUT2D eigenvalue weighted by molar-refractivity contribution is 0.122. The van der Waals surface area contributed by atoms with Crippen LogP contribution >= 0.6 is 35.6 Å². The van der Waals surface area contributed by atoms with Gasteiger partial charge >= 0.3 is 0 Å². The molecule has 2 N–H and O–H groups in total. The fourth-order valence-electron chi connectivity index (χ4n) is 2.93. The molecule has 1 saturated heterocycles. The first-order valence-electron chi connectivity index (χ1n) is 9.21. The van der Waals surface area contributed by atoms with Crippen molar-refractivity contribution in [2.24, 2.45) is 4.99 Å². The number of aromatic nitrogens is 1. The first-order chi connectivity index (χ1) is 13.2. The van der Waals surface area contributed by atoms with Crippen LogP contribution in [0.5, 0.6) is 0 Å². The molecule has 28 heavy (non-hydrogen) atoms. The van der Waals surface area contributed by atoms with Gasteiger partial charge in [0, 0.05) is 45.1 Å². The van der Waals surface area contributed by atoms with Crippen LogP contribution < -0.4 is 15.5 Å². The Bertz CT molecular complexity index is 733. The maximum Gasteiger partial charge on any atom is 0.191 e. The SMILES string of the molecule is CN=C(NCCc1ccc(Cl)nc1)NCc1ccc(N2CCOCC2)cc1.I. The minimum absolute atomic E-state index is 0. The van der Waals surface area contributed by atoms with Crippen molar-refractivity contribution < 1.29 is 4.74 Å². The number of halogens is 2. The Balaban J connectivity index is 0.00000280. The van der Waals surface area contributed by atoms with E-state index in [1.807, 2.05) is 12.1 Å². The average molecular weight is 516 g/mol. The quantitative estimate of drug-likeness (QED) is 0.268. The smallest absolute Gasteiger partial charge is 0.191 e. The summed E-state index contributed by atoms with van der Waals surface area (Å²) in [7, 11) is 1.78. The summed E-state index contributed by atoms with van der Waals surface area (Å²) in [5, 5.41) is 7.19. The van der Waals surface area contributed by atoms with Crippen LogP contribution in [0.4, 0.5) is 5.69 Å². The number of anilines is 1. The summed E-state index contributed by atoms with van der Waals surface area (Å²) in [4.78, 5) is 10.7. The summed E-state index contributed by atoms with van der Waals surface area (Å²) >= 11 is 5.81. The third kappa shape index (κ3) is 7.10. The van der Waals surface area contributed by atoms with E-state index in [1.165, 1.54) is 11.3 Å². The highest BCUT2D eigenvalue weighted by atomic mass is 127. The highest BCUT2D eigenvalue weighted by molar-refractivity contribution is 14.0. The van der Waals surface area contributed by atoms with Gasteiger partial charge in [-0.25, -0.2) is 4.98 Å². The Morgan fingerprint density at radius 1 is 1.11 bits per heavy atom. The molecule has 0 bridgehead atoms. The van der Waals surface area contributed by atoms with Crippen molar-refractivity contribution in [1.29, 1.82) is 0 Å². The number of guanidine groups is 1. The maximum absolute atomic E-state index is 5.81. The lowest BCUT2D eigenvalue weighted by Gasteiger charge is -2.28. The van der Waals surface area contributed by atoms with E-state index in [0.29, 0.717) is 5.15 Å². The number of hydrogen-bond donors (Lipinski definition) is 2. The lowest BCUT2D eigenvalue weighted by Crippen LogP contribution is -2.38. The highest BCUT2D eigenvalue weighted by Crippen LogP contribution is 2.16. The molecule has 0 saturated carbocycles. The van der Waals surface area contributed by atoms with Crippen LogP contribution in [0.1, 0.15) is 11.1 Å². The molecule has 1 aliphatic rings. The first-order valence-corrected chi connectivity index (χ1v) is 9.59. The van der Waals surface area contributed by atoms with Gasteiger partial charge in [-0.1, -0.05) is 29.8 Å². The molecule has 1 aromatic heterocycles. The van der Waals surface area contributed by atoms with Gasteiger partial charge in [-0.05, 0) is 35.7 Å². The van der Waals surface area contributed by atoms with Crippen molar-refractivity contribution in [3.05, 3.63) is 58.9 Å². The lowest BCUT2D eigenvalue weighted by atomic mass is 10.2. The topological polar surface area (TPSA) is 61.8 Å². The van der Waals surface area contributed by atoms with Crippen LogP contribution in [0, 0.1) is 0 Å². The minimum atomic E-state index is 0. The summed E-state index contributed by atoms with van der Waals surface area (Å²) in [6.07, 6.45) is 2.66. The number of nitrogens with zero attached hydrogens (tertiary/aromatic N) is 3. The van der Waals surface area contributed by atoms with Gasteiger partial charge in [0.25, 0.3) is 0 Å². The Labute approximate surface area is 188 Å². The summed E-state index contributed by atoms with van der Waals surface area (Å²) in [6.45, 7) is 5.02. The standard InChI is InChI=1S/C20H26ClN5O.HI/c1-22-20(23-9-8-17-4-7-19(21)24-14-17)25-15-16-2-5-18(6-3-16)26-10-12-27-13-11-26;/h2-7,14H,8-13,15H2,1H3,(H2,22,23,25);1H. The molecular weight excluding hydrogens is 489 g/mol. The number of ether oxygens (including phenoxy) is 1. The Morgan fingerprint density at radius 2 is 1.82 bits per heavy atom. The summed E-state index contributed by atoms with van der Waals surface area (Å²) in [5.74, 6) is 0.786. The predicted molar refractivity (Wildman–Crippen MR) is 126 cm³/mol. The minimum Gasteiger partial charge on any atom is -0.378 e. The molecule has 1 aromatic carbocycles. The molecule has 1 fully saturated rings. The molecule has 0 unspecified atom stereocenters. The fourth-order valence-corrected chi connectivity index (χ4v) is 3.04. The van der Waals surface area contributed by atoms with Gasteiger partial charge in [-0.2, -0.15) is 0 Å². The van der Waals surface area contributed by atoms with Crippen molar-refractivity contribution in [1.82, 2.24) is 15.6 Å². The van der Waals surface area contributed by atoms with Crippen LogP contribution in [0.2, 0.25) is 5.15 Å². The van der Waals surface area contributed by atoms with Crippen LogP contribution in [0.3, 0.4) is 0 Å². The van der Waals surface area contributed by atoms with Gasteiger partial charge in [-0.3, -0.25) is 4.99 Å². The summed E-state index contributed by atoms with van der Waals surface area (Å²) in [6, 6.07) is 12.5. The normalized spacial score (nSPS) is 14.4. The van der Waals surface area contributed by atoms with E-state index in [9.17, 15) is 0 Å². The number of benzene rings is 1. The molecule has 0 amide bonds. The molecule has 6 nitrogen and oxygen atoms in total. The highest BCUT2D eigenvalue weighted by Gasteiger charge is 2.10. The van der Waals surface area contributed by atoms with E-state index in [1.54, 1.807) is 13.2 Å². The third-order valence-corrected chi connectivity index (χ3v) is 4.71. The molecule has 1 aliphatic heterocycles. The second-order valence-corrected chi connectivity index (χ2v) is 6.74. The largest absolute Gasteiger partial charge is 0.378 e. The van der Waals surface area contributed by atoms with E-state index in [-0.39, 0.29) is 24.0 Å². The first kappa shape index (κ1) is 22.7. The molecule has 2 heterocycles.